The highest BCUT2D eigenvalue weighted by atomic mass is 19.4. The van der Waals surface area contributed by atoms with Crippen LogP contribution < -0.4 is 5.32 Å². The van der Waals surface area contributed by atoms with Gasteiger partial charge in [0.2, 0.25) is 6.29 Å². The Hall–Kier alpha value is -0.580. The van der Waals surface area contributed by atoms with Gasteiger partial charge in [-0.15, -0.1) is 0 Å². The first-order valence-electron chi connectivity index (χ1n) is 2.19. The summed E-state index contributed by atoms with van der Waals surface area (Å²) >= 11 is 0. The quantitative estimate of drug-likeness (QED) is 0.569. The Labute approximate surface area is 50.0 Å². The molecule has 1 radical (unpaired) electrons. The van der Waals surface area contributed by atoms with Crippen molar-refractivity contribution in [3.63, 3.8) is 0 Å². The van der Waals surface area contributed by atoms with E-state index >= 15 is 0 Å². The van der Waals surface area contributed by atoms with Gasteiger partial charge in [-0.1, -0.05) is 0 Å². The Morgan fingerprint density at radius 1 is 1.44 bits per heavy atom. The second-order valence-electron chi connectivity index (χ2n) is 1.36. The molecule has 0 aliphatic heterocycles. The maximum absolute atomic E-state index is 11.2. The lowest BCUT2D eigenvalue weighted by Gasteiger charge is -2.03. The zero-order valence-corrected chi connectivity index (χ0v) is 4.46. The van der Waals surface area contributed by atoms with Crippen molar-refractivity contribution < 1.29 is 18.0 Å². The minimum atomic E-state index is -4.24. The molecule has 0 bridgehead atoms. The highest BCUT2D eigenvalue weighted by Crippen LogP contribution is 2.11. The fourth-order valence-corrected chi connectivity index (χ4v) is 0.255. The number of hydrogen-bond donors (Lipinski definition) is 1. The first-order valence-corrected chi connectivity index (χ1v) is 2.19. The molecule has 0 fully saturated rings. The summed E-state index contributed by atoms with van der Waals surface area (Å²) in [5.74, 6) is 0. The molecule has 0 aromatic carbocycles. The van der Waals surface area contributed by atoms with Gasteiger partial charge in [0.05, 0.1) is 13.1 Å². The summed E-state index contributed by atoms with van der Waals surface area (Å²) in [6, 6.07) is 0. The molecule has 0 aromatic heterocycles. The van der Waals surface area contributed by atoms with E-state index in [9.17, 15) is 18.0 Å². The van der Waals surface area contributed by atoms with Crippen LogP contribution in [0.3, 0.4) is 0 Å². The van der Waals surface area contributed by atoms with Crippen molar-refractivity contribution in [1.82, 2.24) is 5.32 Å². The van der Waals surface area contributed by atoms with E-state index in [0.717, 1.165) is 0 Å². The van der Waals surface area contributed by atoms with Crippen molar-refractivity contribution in [2.45, 2.75) is 6.18 Å². The summed E-state index contributed by atoms with van der Waals surface area (Å²) in [6.45, 7) is -1.51. The maximum Gasteiger partial charge on any atom is 0.401 e. The molecule has 0 aliphatic rings. The van der Waals surface area contributed by atoms with Gasteiger partial charge < -0.3 is 5.32 Å². The summed E-state index contributed by atoms with van der Waals surface area (Å²) < 4.78 is 33.6. The van der Waals surface area contributed by atoms with Crippen LogP contribution in [-0.4, -0.2) is 25.6 Å². The van der Waals surface area contributed by atoms with Gasteiger partial charge in [0.1, 0.15) is 0 Å². The van der Waals surface area contributed by atoms with Crippen LogP contribution in [0.4, 0.5) is 13.2 Å². The Balaban J connectivity index is 3.17. The highest BCUT2D eigenvalue weighted by molar-refractivity contribution is 5.52. The molecule has 1 N–H and O–H groups in total. The van der Waals surface area contributed by atoms with Crippen molar-refractivity contribution in [3.8, 4) is 0 Å². The fourth-order valence-electron chi connectivity index (χ4n) is 0.255. The number of alkyl halides is 3. The zero-order chi connectivity index (χ0) is 7.33. The van der Waals surface area contributed by atoms with Crippen LogP contribution in [0.1, 0.15) is 0 Å². The van der Waals surface area contributed by atoms with Crippen LogP contribution in [0.5, 0.6) is 0 Å². The highest BCUT2D eigenvalue weighted by Gasteiger charge is 2.25. The van der Waals surface area contributed by atoms with Gasteiger partial charge in [-0.2, -0.15) is 13.2 Å². The van der Waals surface area contributed by atoms with Gasteiger partial charge in [-0.05, 0) is 0 Å². The van der Waals surface area contributed by atoms with E-state index in [0.29, 0.717) is 0 Å². The molecule has 0 heterocycles. The Morgan fingerprint density at radius 3 is 2.33 bits per heavy atom. The molecule has 0 rings (SSSR count). The molecule has 0 aromatic rings. The molecule has 0 saturated carbocycles. The number of rotatable bonds is 3. The second kappa shape index (κ2) is 3.45. The number of nitrogens with one attached hydrogen (secondary N) is 1. The average molecular weight is 140 g/mol. The molecule has 0 aliphatic carbocycles. The standard InChI is InChI=1S/C4H5F3NO/c5-4(6,7)3-8-1-2-9/h8H,1,3H2. The molecular formula is C4H5F3NO. The summed E-state index contributed by atoms with van der Waals surface area (Å²) in [4.78, 5) is 9.34. The molecule has 0 amide bonds. The molecular weight excluding hydrogens is 135 g/mol. The minimum absolute atomic E-state index is 0.375. The Bertz CT molecular complexity index is 90.3. The summed E-state index contributed by atoms with van der Waals surface area (Å²) in [5, 5.41) is 1.83. The van der Waals surface area contributed by atoms with Gasteiger partial charge >= 0.3 is 6.18 Å². The molecule has 53 valence electrons. The van der Waals surface area contributed by atoms with Gasteiger partial charge in [-0.25, -0.2) is 0 Å². The number of hydrogen-bond acceptors (Lipinski definition) is 2. The van der Waals surface area contributed by atoms with Crippen LogP contribution in [0.2, 0.25) is 0 Å². The van der Waals surface area contributed by atoms with Gasteiger partial charge in [-0.3, -0.25) is 4.79 Å². The topological polar surface area (TPSA) is 29.1 Å². The molecule has 5 heteroatoms. The normalized spacial score (nSPS) is 11.4. The zero-order valence-electron chi connectivity index (χ0n) is 4.46. The average Bonchev–Trinajstić information content (AvgIpc) is 1.63. The maximum atomic E-state index is 11.2. The summed E-state index contributed by atoms with van der Waals surface area (Å²) in [7, 11) is 0. The summed E-state index contributed by atoms with van der Waals surface area (Å²) in [5.41, 5.74) is 0. The first-order chi connectivity index (χ1) is 4.06. The summed E-state index contributed by atoms with van der Waals surface area (Å²) in [6.07, 6.45) is -2.96. The van der Waals surface area contributed by atoms with Crippen LogP contribution in [-0.2, 0) is 4.79 Å². The van der Waals surface area contributed by atoms with Crippen LogP contribution in [0.15, 0.2) is 0 Å². The van der Waals surface area contributed by atoms with E-state index in [-0.39, 0.29) is 6.54 Å². The SMILES string of the molecule is O=[C]CNCC(F)(F)F. The monoisotopic (exact) mass is 140 g/mol. The third-order valence-electron chi connectivity index (χ3n) is 0.523. The first kappa shape index (κ1) is 8.42. The minimum Gasteiger partial charge on any atom is -0.301 e. The largest absolute Gasteiger partial charge is 0.401 e. The molecule has 0 unspecified atom stereocenters. The van der Waals surface area contributed by atoms with E-state index in [4.69, 9.17) is 0 Å². The van der Waals surface area contributed by atoms with Crippen LogP contribution in [0, 0.1) is 0 Å². The third kappa shape index (κ3) is 7.42. The van der Waals surface area contributed by atoms with E-state index in [2.05, 4.69) is 0 Å². The van der Waals surface area contributed by atoms with E-state index in [1.165, 1.54) is 6.29 Å². The van der Waals surface area contributed by atoms with Crippen LogP contribution in [0.25, 0.3) is 0 Å². The van der Waals surface area contributed by atoms with Crippen molar-refractivity contribution in [3.05, 3.63) is 0 Å². The fraction of sp³-hybridized carbons (Fsp3) is 0.750. The van der Waals surface area contributed by atoms with E-state index in [1.54, 1.807) is 0 Å². The second-order valence-corrected chi connectivity index (χ2v) is 1.36. The van der Waals surface area contributed by atoms with Gasteiger partial charge in [0, 0.05) is 0 Å². The van der Waals surface area contributed by atoms with Crippen molar-refractivity contribution in [2.75, 3.05) is 13.1 Å². The lowest BCUT2D eigenvalue weighted by molar-refractivity contribution is -0.124. The lowest BCUT2D eigenvalue weighted by Crippen LogP contribution is -2.29. The molecule has 9 heavy (non-hydrogen) atoms. The van der Waals surface area contributed by atoms with Crippen LogP contribution >= 0.6 is 0 Å². The van der Waals surface area contributed by atoms with E-state index < -0.39 is 12.7 Å². The van der Waals surface area contributed by atoms with Crippen molar-refractivity contribution >= 4 is 6.29 Å². The van der Waals surface area contributed by atoms with Crippen molar-refractivity contribution in [1.29, 1.82) is 0 Å². The predicted octanol–water partition coefficient (Wildman–Crippen LogP) is 0.248. The number of halogens is 3. The molecule has 0 saturated heterocycles. The smallest absolute Gasteiger partial charge is 0.301 e. The predicted molar refractivity (Wildman–Crippen MR) is 24.6 cm³/mol. The molecule has 2 nitrogen and oxygen atoms in total. The molecule has 0 atom stereocenters. The Kier molecular flexibility index (Phi) is 3.22. The number of carbonyl (C=O) groups excluding carboxylic acids is 1. The van der Waals surface area contributed by atoms with Gasteiger partial charge in [0.25, 0.3) is 0 Å². The van der Waals surface area contributed by atoms with Gasteiger partial charge in [0.15, 0.2) is 0 Å². The Morgan fingerprint density at radius 2 is 2.00 bits per heavy atom. The third-order valence-corrected chi connectivity index (χ3v) is 0.523. The lowest BCUT2D eigenvalue weighted by atomic mass is 10.6. The van der Waals surface area contributed by atoms with E-state index in [1.807, 2.05) is 5.32 Å². The molecule has 0 spiro atoms. The van der Waals surface area contributed by atoms with Crippen molar-refractivity contribution in [2.24, 2.45) is 0 Å².